The van der Waals surface area contributed by atoms with Gasteiger partial charge in [-0.15, -0.1) is 0 Å². The first kappa shape index (κ1) is 5.72. The highest BCUT2D eigenvalue weighted by molar-refractivity contribution is 4.95. The van der Waals surface area contributed by atoms with Crippen LogP contribution in [-0.2, 0) is 4.74 Å². The molecule has 1 aliphatic heterocycles. The molecule has 1 saturated heterocycles. The number of hydrogen-bond acceptors (Lipinski definition) is 1. The summed E-state index contributed by atoms with van der Waals surface area (Å²) in [6.45, 7) is 3.85. The molecule has 0 N–H and O–H groups in total. The van der Waals surface area contributed by atoms with Gasteiger partial charge in [0.2, 0.25) is 0 Å². The van der Waals surface area contributed by atoms with Gasteiger partial charge in [0, 0.05) is 0 Å². The monoisotopic (exact) mass is 125 g/mol. The van der Waals surface area contributed by atoms with Crippen LogP contribution in [0.2, 0.25) is 0 Å². The van der Waals surface area contributed by atoms with Crippen molar-refractivity contribution in [3.8, 4) is 0 Å². The molecule has 0 amide bonds. The van der Waals surface area contributed by atoms with Crippen LogP contribution in [0.25, 0.3) is 0 Å². The van der Waals surface area contributed by atoms with E-state index in [0.29, 0.717) is 12.2 Å². The SMILES string of the molecule is [CH2]CCC1CC2OC2C1. The van der Waals surface area contributed by atoms with E-state index in [1.165, 1.54) is 19.3 Å². The Kier molecular flexibility index (Phi) is 1.26. The Morgan fingerprint density at radius 2 is 2.00 bits per heavy atom. The van der Waals surface area contributed by atoms with E-state index in [9.17, 15) is 0 Å². The summed E-state index contributed by atoms with van der Waals surface area (Å²) in [5.41, 5.74) is 0. The topological polar surface area (TPSA) is 12.5 Å². The number of fused-ring (bicyclic) bond motifs is 1. The second-order valence-electron chi connectivity index (χ2n) is 3.19. The average Bonchev–Trinajstić information content (AvgIpc) is 2.42. The highest BCUT2D eigenvalue weighted by atomic mass is 16.6. The molecule has 0 bridgehead atoms. The minimum atomic E-state index is 0.668. The fourth-order valence-electron chi connectivity index (χ4n) is 1.87. The molecule has 0 aromatic rings. The van der Waals surface area contributed by atoms with E-state index in [0.717, 1.165) is 12.3 Å². The maximum Gasteiger partial charge on any atom is 0.0844 e. The summed E-state index contributed by atoms with van der Waals surface area (Å²) in [6, 6.07) is 0. The van der Waals surface area contributed by atoms with Crippen molar-refractivity contribution in [2.24, 2.45) is 5.92 Å². The second-order valence-corrected chi connectivity index (χ2v) is 3.19. The van der Waals surface area contributed by atoms with Crippen molar-refractivity contribution >= 4 is 0 Å². The number of epoxide rings is 1. The molecule has 1 saturated carbocycles. The number of hydrogen-bond donors (Lipinski definition) is 0. The van der Waals surface area contributed by atoms with Gasteiger partial charge < -0.3 is 4.74 Å². The van der Waals surface area contributed by atoms with Crippen LogP contribution in [0.3, 0.4) is 0 Å². The van der Waals surface area contributed by atoms with Crippen LogP contribution in [0, 0.1) is 12.8 Å². The van der Waals surface area contributed by atoms with Crippen LogP contribution in [0.4, 0.5) is 0 Å². The molecule has 2 atom stereocenters. The van der Waals surface area contributed by atoms with Gasteiger partial charge >= 0.3 is 0 Å². The molecule has 0 aromatic heterocycles. The Hall–Kier alpha value is -0.0400. The molecule has 2 fully saturated rings. The quantitative estimate of drug-likeness (QED) is 0.512. The van der Waals surface area contributed by atoms with Crippen molar-refractivity contribution in [3.05, 3.63) is 6.92 Å². The smallest absolute Gasteiger partial charge is 0.0844 e. The predicted octanol–water partition coefficient (Wildman–Crippen LogP) is 1.78. The van der Waals surface area contributed by atoms with Crippen LogP contribution < -0.4 is 0 Å². The van der Waals surface area contributed by atoms with E-state index in [4.69, 9.17) is 4.74 Å². The number of ether oxygens (including phenoxy) is 1. The second kappa shape index (κ2) is 1.98. The first-order valence-corrected chi connectivity index (χ1v) is 3.85. The van der Waals surface area contributed by atoms with E-state index in [-0.39, 0.29) is 0 Å². The Labute approximate surface area is 56.4 Å². The number of rotatable bonds is 2. The summed E-state index contributed by atoms with van der Waals surface area (Å²) in [6.07, 6.45) is 6.39. The van der Waals surface area contributed by atoms with Gasteiger partial charge in [0.1, 0.15) is 0 Å². The van der Waals surface area contributed by atoms with Gasteiger partial charge in [0.25, 0.3) is 0 Å². The zero-order valence-corrected chi connectivity index (χ0v) is 5.68. The standard InChI is InChI=1S/C8H13O/c1-2-3-6-4-7-8(5-6)9-7/h6-8H,1-5H2. The predicted molar refractivity (Wildman–Crippen MR) is 36.0 cm³/mol. The molecule has 2 rings (SSSR count). The molecule has 2 aliphatic rings. The summed E-state index contributed by atoms with van der Waals surface area (Å²) in [5, 5.41) is 0. The summed E-state index contributed by atoms with van der Waals surface area (Å²) in [7, 11) is 0. The average molecular weight is 125 g/mol. The van der Waals surface area contributed by atoms with Crippen LogP contribution >= 0.6 is 0 Å². The third kappa shape index (κ3) is 0.983. The Morgan fingerprint density at radius 3 is 2.56 bits per heavy atom. The fraction of sp³-hybridized carbons (Fsp3) is 0.875. The summed E-state index contributed by atoms with van der Waals surface area (Å²) in [4.78, 5) is 0. The van der Waals surface area contributed by atoms with Gasteiger partial charge in [0.15, 0.2) is 0 Å². The van der Waals surface area contributed by atoms with Gasteiger partial charge in [-0.05, 0) is 18.8 Å². The molecule has 0 spiro atoms. The molecular formula is C8H13O. The largest absolute Gasteiger partial charge is 0.370 e. The molecule has 1 heteroatoms. The Bertz CT molecular complexity index is 101. The highest BCUT2D eigenvalue weighted by Gasteiger charge is 2.47. The van der Waals surface area contributed by atoms with E-state index in [1.54, 1.807) is 0 Å². The maximum absolute atomic E-state index is 5.31. The third-order valence-electron chi connectivity index (χ3n) is 2.43. The molecule has 1 aliphatic carbocycles. The normalized spacial score (nSPS) is 47.0. The van der Waals surface area contributed by atoms with E-state index < -0.39 is 0 Å². The van der Waals surface area contributed by atoms with E-state index >= 15 is 0 Å². The molecule has 1 radical (unpaired) electrons. The zero-order chi connectivity index (χ0) is 6.27. The van der Waals surface area contributed by atoms with Gasteiger partial charge in [0.05, 0.1) is 12.2 Å². The minimum Gasteiger partial charge on any atom is -0.370 e. The van der Waals surface area contributed by atoms with Crippen molar-refractivity contribution in [1.82, 2.24) is 0 Å². The molecule has 1 nitrogen and oxygen atoms in total. The highest BCUT2D eigenvalue weighted by Crippen LogP contribution is 2.43. The Morgan fingerprint density at radius 1 is 1.33 bits per heavy atom. The summed E-state index contributed by atoms with van der Waals surface area (Å²) < 4.78 is 5.31. The Balaban J connectivity index is 1.77. The van der Waals surface area contributed by atoms with Crippen LogP contribution in [0.5, 0.6) is 0 Å². The van der Waals surface area contributed by atoms with Crippen molar-refractivity contribution in [1.29, 1.82) is 0 Å². The van der Waals surface area contributed by atoms with Crippen LogP contribution in [0.15, 0.2) is 0 Å². The van der Waals surface area contributed by atoms with Crippen molar-refractivity contribution in [2.45, 2.75) is 37.9 Å². The molecule has 0 aromatic carbocycles. The van der Waals surface area contributed by atoms with E-state index in [1.807, 2.05) is 0 Å². The van der Waals surface area contributed by atoms with E-state index in [2.05, 4.69) is 6.92 Å². The molecule has 9 heavy (non-hydrogen) atoms. The molecular weight excluding hydrogens is 112 g/mol. The van der Waals surface area contributed by atoms with Crippen molar-refractivity contribution in [2.75, 3.05) is 0 Å². The lowest BCUT2D eigenvalue weighted by atomic mass is 10.0. The van der Waals surface area contributed by atoms with Gasteiger partial charge in [-0.1, -0.05) is 19.8 Å². The molecule has 2 unspecified atom stereocenters. The molecule has 1 heterocycles. The summed E-state index contributed by atoms with van der Waals surface area (Å²) >= 11 is 0. The van der Waals surface area contributed by atoms with Crippen molar-refractivity contribution < 1.29 is 4.74 Å². The first-order chi connectivity index (χ1) is 4.40. The fourth-order valence-corrected chi connectivity index (χ4v) is 1.87. The van der Waals surface area contributed by atoms with Gasteiger partial charge in [-0.2, -0.15) is 0 Å². The first-order valence-electron chi connectivity index (χ1n) is 3.85. The lowest BCUT2D eigenvalue weighted by molar-refractivity contribution is 0.266. The van der Waals surface area contributed by atoms with Crippen LogP contribution in [0.1, 0.15) is 25.7 Å². The minimum absolute atomic E-state index is 0.668. The summed E-state index contributed by atoms with van der Waals surface area (Å²) in [5.74, 6) is 0.950. The lowest BCUT2D eigenvalue weighted by Gasteiger charge is -2.07. The maximum atomic E-state index is 5.31. The zero-order valence-electron chi connectivity index (χ0n) is 5.68. The van der Waals surface area contributed by atoms with Gasteiger partial charge in [-0.25, -0.2) is 0 Å². The van der Waals surface area contributed by atoms with Crippen LogP contribution in [-0.4, -0.2) is 12.2 Å². The van der Waals surface area contributed by atoms with Gasteiger partial charge in [-0.3, -0.25) is 0 Å². The van der Waals surface area contributed by atoms with Crippen molar-refractivity contribution in [3.63, 3.8) is 0 Å². The molecule has 51 valence electrons. The third-order valence-corrected chi connectivity index (χ3v) is 2.43. The lowest BCUT2D eigenvalue weighted by Crippen LogP contribution is -1.97.